The maximum absolute atomic E-state index is 10.7. The molecule has 2 N–H and O–H groups in total. The highest BCUT2D eigenvalue weighted by molar-refractivity contribution is 5.48. The van der Waals surface area contributed by atoms with Crippen LogP contribution in [0.25, 0.3) is 0 Å². The monoisotopic (exact) mass is 224 g/mol. The molecular weight excluding hydrogens is 208 g/mol. The summed E-state index contributed by atoms with van der Waals surface area (Å²) in [6.45, 7) is 2.01. The first-order chi connectivity index (χ1) is 7.58. The van der Waals surface area contributed by atoms with E-state index >= 15 is 0 Å². The molecule has 1 unspecified atom stereocenters. The molecule has 0 aliphatic rings. The maximum Gasteiger partial charge on any atom is 0.310 e. The fourth-order valence-corrected chi connectivity index (χ4v) is 1.45. The molecule has 0 bridgehead atoms. The van der Waals surface area contributed by atoms with Crippen molar-refractivity contribution in [2.24, 2.45) is 5.73 Å². The highest BCUT2D eigenvalue weighted by Gasteiger charge is 2.15. The molecule has 0 fully saturated rings. The molecule has 0 amide bonds. The number of ether oxygens (including phenoxy) is 1. The summed E-state index contributed by atoms with van der Waals surface area (Å²) in [5.41, 5.74) is 6.76. The van der Waals surface area contributed by atoms with E-state index < -0.39 is 4.92 Å². The zero-order valence-corrected chi connectivity index (χ0v) is 9.47. The Morgan fingerprint density at radius 2 is 2.25 bits per heavy atom. The van der Waals surface area contributed by atoms with Crippen LogP contribution < -0.4 is 10.5 Å². The van der Waals surface area contributed by atoms with Gasteiger partial charge in [-0.3, -0.25) is 10.1 Å². The number of rotatable bonds is 5. The number of hydrogen-bond acceptors (Lipinski definition) is 4. The van der Waals surface area contributed by atoms with Gasteiger partial charge in [-0.25, -0.2) is 0 Å². The molecule has 0 aliphatic carbocycles. The summed E-state index contributed by atoms with van der Waals surface area (Å²) in [7, 11) is 1.42. The first kappa shape index (κ1) is 12.4. The Morgan fingerprint density at radius 3 is 2.75 bits per heavy atom. The van der Waals surface area contributed by atoms with E-state index in [1.165, 1.54) is 13.2 Å². The fraction of sp³-hybridized carbons (Fsp3) is 0.455. The molecule has 16 heavy (non-hydrogen) atoms. The predicted octanol–water partition coefficient (Wildman–Crippen LogP) is 1.88. The highest BCUT2D eigenvalue weighted by atomic mass is 16.6. The summed E-state index contributed by atoms with van der Waals surface area (Å²) in [5.74, 6) is 0.283. The van der Waals surface area contributed by atoms with Crippen molar-refractivity contribution < 1.29 is 9.66 Å². The molecule has 1 aromatic rings. The highest BCUT2D eigenvalue weighted by Crippen LogP contribution is 2.27. The van der Waals surface area contributed by atoms with Crippen LogP contribution in [-0.4, -0.2) is 18.1 Å². The molecule has 0 spiro atoms. The van der Waals surface area contributed by atoms with Crippen LogP contribution in [-0.2, 0) is 6.42 Å². The van der Waals surface area contributed by atoms with Crippen molar-refractivity contribution in [3.8, 4) is 5.75 Å². The minimum Gasteiger partial charge on any atom is -0.490 e. The average molecular weight is 224 g/mol. The van der Waals surface area contributed by atoms with Gasteiger partial charge in [0.2, 0.25) is 0 Å². The molecule has 1 rings (SSSR count). The molecule has 5 heteroatoms. The number of nitro groups is 1. The van der Waals surface area contributed by atoms with E-state index in [9.17, 15) is 10.1 Å². The van der Waals surface area contributed by atoms with Crippen LogP contribution >= 0.6 is 0 Å². The van der Waals surface area contributed by atoms with Crippen LogP contribution in [0.5, 0.6) is 5.75 Å². The molecule has 0 radical (unpaired) electrons. The van der Waals surface area contributed by atoms with Gasteiger partial charge in [0.1, 0.15) is 0 Å². The zero-order valence-electron chi connectivity index (χ0n) is 9.47. The maximum atomic E-state index is 10.7. The van der Waals surface area contributed by atoms with Crippen molar-refractivity contribution in [2.45, 2.75) is 25.8 Å². The first-order valence-electron chi connectivity index (χ1n) is 5.15. The van der Waals surface area contributed by atoms with Crippen LogP contribution in [0.2, 0.25) is 0 Å². The quantitative estimate of drug-likeness (QED) is 0.611. The third kappa shape index (κ3) is 2.93. The molecule has 0 saturated heterocycles. The molecule has 1 atom stereocenters. The molecule has 1 aromatic carbocycles. The average Bonchev–Trinajstić information content (AvgIpc) is 2.28. The van der Waals surface area contributed by atoms with E-state index in [4.69, 9.17) is 10.5 Å². The largest absolute Gasteiger partial charge is 0.490 e. The Hall–Kier alpha value is -1.62. The SMILES string of the molecule is CCC(N)Cc1ccc([N+](=O)[O-])c(OC)c1. The van der Waals surface area contributed by atoms with Gasteiger partial charge in [0.25, 0.3) is 0 Å². The minimum atomic E-state index is -0.456. The molecule has 0 aliphatic heterocycles. The van der Waals surface area contributed by atoms with Gasteiger partial charge in [-0.2, -0.15) is 0 Å². The van der Waals surface area contributed by atoms with Crippen LogP contribution in [0.15, 0.2) is 18.2 Å². The van der Waals surface area contributed by atoms with Crippen molar-refractivity contribution in [2.75, 3.05) is 7.11 Å². The molecule has 88 valence electrons. The van der Waals surface area contributed by atoms with Crippen molar-refractivity contribution >= 4 is 5.69 Å². The smallest absolute Gasteiger partial charge is 0.310 e. The Bertz CT molecular complexity index is 379. The third-order valence-corrected chi connectivity index (χ3v) is 2.46. The van der Waals surface area contributed by atoms with Crippen LogP contribution in [0, 0.1) is 10.1 Å². The summed E-state index contributed by atoms with van der Waals surface area (Å²) in [4.78, 5) is 10.2. The number of nitrogens with zero attached hydrogens (tertiary/aromatic N) is 1. The second kappa shape index (κ2) is 5.46. The van der Waals surface area contributed by atoms with Gasteiger partial charge in [0, 0.05) is 12.1 Å². The lowest BCUT2D eigenvalue weighted by Gasteiger charge is -2.09. The minimum absolute atomic E-state index is 0.0173. The molecule has 0 saturated carbocycles. The van der Waals surface area contributed by atoms with Gasteiger partial charge < -0.3 is 10.5 Å². The van der Waals surface area contributed by atoms with Crippen molar-refractivity contribution in [3.05, 3.63) is 33.9 Å². The summed E-state index contributed by atoms with van der Waals surface area (Å²) in [6, 6.07) is 4.92. The molecule has 0 heterocycles. The van der Waals surface area contributed by atoms with E-state index in [1.54, 1.807) is 12.1 Å². The normalized spacial score (nSPS) is 12.2. The molecule has 0 aromatic heterocycles. The summed E-state index contributed by atoms with van der Waals surface area (Å²) >= 11 is 0. The van der Waals surface area contributed by atoms with E-state index in [2.05, 4.69) is 0 Å². The van der Waals surface area contributed by atoms with Crippen molar-refractivity contribution in [1.82, 2.24) is 0 Å². The zero-order chi connectivity index (χ0) is 12.1. The van der Waals surface area contributed by atoms with Gasteiger partial charge in [0.05, 0.1) is 12.0 Å². The Morgan fingerprint density at radius 1 is 1.56 bits per heavy atom. The lowest BCUT2D eigenvalue weighted by atomic mass is 10.0. The number of hydrogen-bond donors (Lipinski definition) is 1. The van der Waals surface area contributed by atoms with E-state index in [1.807, 2.05) is 6.92 Å². The van der Waals surface area contributed by atoms with Crippen molar-refractivity contribution in [1.29, 1.82) is 0 Å². The Balaban J connectivity index is 2.95. The Labute approximate surface area is 94.4 Å². The van der Waals surface area contributed by atoms with Crippen molar-refractivity contribution in [3.63, 3.8) is 0 Å². The lowest BCUT2D eigenvalue weighted by molar-refractivity contribution is -0.385. The Kier molecular flexibility index (Phi) is 4.25. The third-order valence-electron chi connectivity index (χ3n) is 2.46. The summed E-state index contributed by atoms with van der Waals surface area (Å²) < 4.78 is 4.98. The number of benzene rings is 1. The standard InChI is InChI=1S/C11H16N2O3/c1-3-9(12)6-8-4-5-10(13(14)15)11(7-8)16-2/h4-5,7,9H,3,6,12H2,1-2H3. The van der Waals surface area contributed by atoms with Gasteiger partial charge in [-0.05, 0) is 24.5 Å². The summed E-state index contributed by atoms with van der Waals surface area (Å²) in [5, 5.41) is 10.7. The fourth-order valence-electron chi connectivity index (χ4n) is 1.45. The number of methoxy groups -OCH3 is 1. The summed E-state index contributed by atoms with van der Waals surface area (Å²) in [6.07, 6.45) is 1.57. The van der Waals surface area contributed by atoms with E-state index in [0.29, 0.717) is 6.42 Å². The topological polar surface area (TPSA) is 78.4 Å². The van der Waals surface area contributed by atoms with Crippen LogP contribution in [0.4, 0.5) is 5.69 Å². The second-order valence-corrected chi connectivity index (χ2v) is 3.64. The molecule has 5 nitrogen and oxygen atoms in total. The van der Waals surface area contributed by atoms with E-state index in [0.717, 1.165) is 12.0 Å². The van der Waals surface area contributed by atoms with Crippen LogP contribution in [0.1, 0.15) is 18.9 Å². The van der Waals surface area contributed by atoms with Gasteiger partial charge >= 0.3 is 5.69 Å². The first-order valence-corrected chi connectivity index (χ1v) is 5.15. The second-order valence-electron chi connectivity index (χ2n) is 3.64. The van der Waals surface area contributed by atoms with E-state index in [-0.39, 0.29) is 17.5 Å². The van der Waals surface area contributed by atoms with Gasteiger partial charge in [-0.15, -0.1) is 0 Å². The van der Waals surface area contributed by atoms with Crippen LogP contribution in [0.3, 0.4) is 0 Å². The number of nitro benzene ring substituents is 1. The van der Waals surface area contributed by atoms with Gasteiger partial charge in [-0.1, -0.05) is 13.0 Å². The van der Waals surface area contributed by atoms with Gasteiger partial charge in [0.15, 0.2) is 5.75 Å². The molecular formula is C11H16N2O3. The predicted molar refractivity (Wildman–Crippen MR) is 61.6 cm³/mol. The number of nitrogens with two attached hydrogens (primary N) is 1. The lowest BCUT2D eigenvalue weighted by Crippen LogP contribution is -2.21.